The van der Waals surface area contributed by atoms with Crippen molar-refractivity contribution in [2.75, 3.05) is 4.72 Å². The summed E-state index contributed by atoms with van der Waals surface area (Å²) in [5.41, 5.74) is 0.170. The Kier molecular flexibility index (Phi) is 3.41. The van der Waals surface area contributed by atoms with Crippen LogP contribution in [0.15, 0.2) is 17.4 Å². The number of nitriles is 1. The standard InChI is InChI=1S/C13H16N6O2S/c1-9-4-3-5-11-16-12(8-19(9)11)22(20,21)17-13-10(6-14)7-15-18(13)2/h7-9,17H,3-5H2,1-2H3/t9-/m0/s1. The van der Waals surface area contributed by atoms with Crippen molar-refractivity contribution in [1.29, 1.82) is 5.26 Å². The molecule has 0 saturated heterocycles. The van der Waals surface area contributed by atoms with E-state index in [1.165, 1.54) is 10.9 Å². The zero-order chi connectivity index (χ0) is 15.9. The van der Waals surface area contributed by atoms with Gasteiger partial charge in [-0.15, -0.1) is 0 Å². The Labute approximate surface area is 128 Å². The Morgan fingerprint density at radius 2 is 2.27 bits per heavy atom. The Morgan fingerprint density at radius 1 is 1.50 bits per heavy atom. The van der Waals surface area contributed by atoms with Crippen molar-refractivity contribution in [1.82, 2.24) is 19.3 Å². The molecule has 0 aliphatic carbocycles. The molecule has 0 saturated carbocycles. The topological polar surface area (TPSA) is 106 Å². The van der Waals surface area contributed by atoms with Crippen LogP contribution in [0.3, 0.4) is 0 Å². The summed E-state index contributed by atoms with van der Waals surface area (Å²) >= 11 is 0. The van der Waals surface area contributed by atoms with E-state index in [1.807, 2.05) is 17.6 Å². The van der Waals surface area contributed by atoms with Gasteiger partial charge in [-0.05, 0) is 19.8 Å². The molecular weight excluding hydrogens is 304 g/mol. The number of sulfonamides is 1. The van der Waals surface area contributed by atoms with E-state index in [2.05, 4.69) is 14.8 Å². The number of hydrogen-bond acceptors (Lipinski definition) is 5. The van der Waals surface area contributed by atoms with E-state index in [4.69, 9.17) is 5.26 Å². The van der Waals surface area contributed by atoms with Crippen LogP contribution in [0, 0.1) is 11.3 Å². The molecule has 0 radical (unpaired) electrons. The third kappa shape index (κ3) is 2.35. The third-order valence-corrected chi connectivity index (χ3v) is 5.06. The lowest BCUT2D eigenvalue weighted by Crippen LogP contribution is -2.16. The number of hydrogen-bond donors (Lipinski definition) is 1. The van der Waals surface area contributed by atoms with E-state index in [0.29, 0.717) is 0 Å². The van der Waals surface area contributed by atoms with Gasteiger partial charge in [-0.1, -0.05) is 0 Å². The quantitative estimate of drug-likeness (QED) is 0.914. The molecule has 1 N–H and O–H groups in total. The minimum absolute atomic E-state index is 0.0265. The van der Waals surface area contributed by atoms with Gasteiger partial charge in [-0.2, -0.15) is 18.8 Å². The summed E-state index contributed by atoms with van der Waals surface area (Å²) in [5, 5.41) is 12.9. The van der Waals surface area contributed by atoms with Gasteiger partial charge in [0.25, 0.3) is 10.0 Å². The fourth-order valence-electron chi connectivity index (χ4n) is 2.62. The van der Waals surface area contributed by atoms with E-state index >= 15 is 0 Å². The van der Waals surface area contributed by atoms with Gasteiger partial charge in [0, 0.05) is 25.7 Å². The maximum atomic E-state index is 12.5. The van der Waals surface area contributed by atoms with Crippen LogP contribution >= 0.6 is 0 Å². The molecule has 2 aromatic rings. The van der Waals surface area contributed by atoms with E-state index < -0.39 is 10.0 Å². The highest BCUT2D eigenvalue weighted by atomic mass is 32.2. The van der Waals surface area contributed by atoms with Gasteiger partial charge in [0.05, 0.1) is 6.20 Å². The van der Waals surface area contributed by atoms with Gasteiger partial charge in [0.1, 0.15) is 17.5 Å². The van der Waals surface area contributed by atoms with Crippen LogP contribution in [-0.4, -0.2) is 27.7 Å². The Morgan fingerprint density at radius 3 is 2.95 bits per heavy atom. The maximum absolute atomic E-state index is 12.5. The van der Waals surface area contributed by atoms with Crippen molar-refractivity contribution >= 4 is 15.8 Å². The predicted octanol–water partition coefficient (Wildman–Crippen LogP) is 1.19. The zero-order valence-corrected chi connectivity index (χ0v) is 13.1. The molecule has 116 valence electrons. The van der Waals surface area contributed by atoms with Crippen LogP contribution in [0.4, 0.5) is 5.82 Å². The van der Waals surface area contributed by atoms with Crippen LogP contribution in [-0.2, 0) is 23.5 Å². The van der Waals surface area contributed by atoms with E-state index in [-0.39, 0.29) is 22.4 Å². The van der Waals surface area contributed by atoms with Crippen molar-refractivity contribution in [3.63, 3.8) is 0 Å². The fraction of sp³-hybridized carbons (Fsp3) is 0.462. The summed E-state index contributed by atoms with van der Waals surface area (Å²) in [4.78, 5) is 4.24. The molecule has 2 aromatic heterocycles. The van der Waals surface area contributed by atoms with E-state index in [9.17, 15) is 8.42 Å². The molecule has 0 spiro atoms. The second kappa shape index (κ2) is 5.14. The zero-order valence-electron chi connectivity index (χ0n) is 12.3. The summed E-state index contributed by atoms with van der Waals surface area (Å²) in [5.74, 6) is 0.922. The molecule has 1 aliphatic heterocycles. The minimum atomic E-state index is -3.85. The lowest BCUT2D eigenvalue weighted by Gasteiger charge is -2.20. The molecule has 0 bridgehead atoms. The lowest BCUT2D eigenvalue weighted by molar-refractivity contribution is 0.425. The molecule has 0 fully saturated rings. The van der Waals surface area contributed by atoms with Crippen LogP contribution in [0.2, 0.25) is 0 Å². The number of nitrogens with one attached hydrogen (secondary N) is 1. The highest BCUT2D eigenvalue weighted by Gasteiger charge is 2.26. The Bertz CT molecular complexity index is 858. The largest absolute Gasteiger partial charge is 0.331 e. The molecule has 22 heavy (non-hydrogen) atoms. The first-order chi connectivity index (χ1) is 10.4. The molecule has 3 rings (SSSR count). The first-order valence-corrected chi connectivity index (χ1v) is 8.43. The van der Waals surface area contributed by atoms with Crippen LogP contribution in [0.5, 0.6) is 0 Å². The van der Waals surface area contributed by atoms with E-state index in [0.717, 1.165) is 25.1 Å². The smallest absolute Gasteiger partial charge is 0.282 e. The number of imidazole rings is 1. The molecule has 0 aromatic carbocycles. The normalized spacial score (nSPS) is 17.8. The van der Waals surface area contributed by atoms with Gasteiger partial charge < -0.3 is 4.57 Å². The van der Waals surface area contributed by atoms with Gasteiger partial charge in [0.2, 0.25) is 0 Å². The van der Waals surface area contributed by atoms with Crippen molar-refractivity contribution < 1.29 is 8.42 Å². The Balaban J connectivity index is 1.97. The summed E-state index contributed by atoms with van der Waals surface area (Å²) in [6.45, 7) is 2.04. The van der Waals surface area contributed by atoms with Crippen molar-refractivity contribution in [2.24, 2.45) is 7.05 Å². The number of fused-ring (bicyclic) bond motifs is 1. The molecule has 1 atom stereocenters. The second-order valence-corrected chi connectivity index (χ2v) is 7.02. The van der Waals surface area contributed by atoms with Gasteiger partial charge in [-0.3, -0.25) is 9.40 Å². The molecule has 1 aliphatic rings. The van der Waals surface area contributed by atoms with E-state index in [1.54, 1.807) is 13.2 Å². The molecule has 0 amide bonds. The van der Waals surface area contributed by atoms with Crippen LogP contribution in [0.1, 0.15) is 37.2 Å². The van der Waals surface area contributed by atoms with Gasteiger partial charge in [0.15, 0.2) is 10.8 Å². The van der Waals surface area contributed by atoms with Crippen molar-refractivity contribution in [2.45, 2.75) is 37.3 Å². The molecular formula is C13H16N6O2S. The summed E-state index contributed by atoms with van der Waals surface area (Å²) in [6, 6.07) is 2.15. The summed E-state index contributed by atoms with van der Waals surface area (Å²) in [7, 11) is -2.28. The number of aryl methyl sites for hydroxylation is 2. The second-order valence-electron chi connectivity index (χ2n) is 5.39. The molecule has 0 unspecified atom stereocenters. The summed E-state index contributed by atoms with van der Waals surface area (Å²) < 4.78 is 30.6. The lowest BCUT2D eigenvalue weighted by atomic mass is 10.1. The first-order valence-electron chi connectivity index (χ1n) is 6.95. The molecule has 3 heterocycles. The SMILES string of the molecule is C[C@H]1CCCc2nc(S(=O)(=O)Nc3c(C#N)cnn3C)cn21. The summed E-state index contributed by atoms with van der Waals surface area (Å²) in [6.07, 6.45) is 5.67. The average molecular weight is 320 g/mol. The first kappa shape index (κ1) is 14.6. The maximum Gasteiger partial charge on any atom is 0.282 e. The van der Waals surface area contributed by atoms with Crippen molar-refractivity contribution in [3.8, 4) is 6.07 Å². The molecule has 8 nitrogen and oxygen atoms in total. The monoisotopic (exact) mass is 320 g/mol. The molecule has 9 heteroatoms. The minimum Gasteiger partial charge on any atom is -0.331 e. The van der Waals surface area contributed by atoms with Gasteiger partial charge in [-0.25, -0.2) is 4.98 Å². The third-order valence-electron chi connectivity index (χ3n) is 3.85. The predicted molar refractivity (Wildman–Crippen MR) is 78.6 cm³/mol. The fourth-order valence-corrected chi connectivity index (χ4v) is 3.70. The number of nitrogens with zero attached hydrogens (tertiary/aromatic N) is 5. The number of rotatable bonds is 3. The van der Waals surface area contributed by atoms with Gasteiger partial charge >= 0.3 is 0 Å². The highest BCUT2D eigenvalue weighted by Crippen LogP contribution is 2.26. The van der Waals surface area contributed by atoms with Crippen LogP contribution < -0.4 is 4.72 Å². The Hall–Kier alpha value is -2.34. The average Bonchev–Trinajstić information content (AvgIpc) is 3.05. The number of aromatic nitrogens is 4. The number of anilines is 1. The van der Waals surface area contributed by atoms with Crippen LogP contribution in [0.25, 0.3) is 0 Å². The van der Waals surface area contributed by atoms with Crippen molar-refractivity contribution in [3.05, 3.63) is 23.8 Å². The highest BCUT2D eigenvalue weighted by molar-refractivity contribution is 7.92.